The highest BCUT2D eigenvalue weighted by molar-refractivity contribution is 5.67. The molecule has 5 nitrogen and oxygen atoms in total. The van der Waals surface area contributed by atoms with E-state index in [-0.39, 0.29) is 6.09 Å². The molecule has 5 heteroatoms. The van der Waals surface area contributed by atoms with Crippen LogP contribution in [-0.4, -0.2) is 43.1 Å². The van der Waals surface area contributed by atoms with Crippen molar-refractivity contribution in [3.8, 4) is 0 Å². The molecular formula is C15H19NO4. The van der Waals surface area contributed by atoms with Gasteiger partial charge in [-0.25, -0.2) is 4.79 Å². The standard InChI is InChI=1S/C15H19NO4/c17-14(18-12-13-4-2-1-3-5-13)16-8-6-15(7-9-16)19-10-11-20-15/h1-5H,6-12H2. The first-order valence-electron chi connectivity index (χ1n) is 7.01. The Hall–Kier alpha value is -1.59. The van der Waals surface area contributed by atoms with Gasteiger partial charge in [0.25, 0.3) is 0 Å². The fourth-order valence-corrected chi connectivity index (χ4v) is 2.63. The first kappa shape index (κ1) is 13.4. The lowest BCUT2D eigenvalue weighted by Gasteiger charge is -2.36. The molecule has 0 unspecified atom stereocenters. The monoisotopic (exact) mass is 277 g/mol. The zero-order valence-corrected chi connectivity index (χ0v) is 11.4. The van der Waals surface area contributed by atoms with E-state index in [0.29, 0.717) is 45.8 Å². The average molecular weight is 277 g/mol. The SMILES string of the molecule is O=C(OCc1ccccc1)N1CCC2(CC1)OCCO2. The molecule has 0 atom stereocenters. The Morgan fingerprint density at radius 2 is 1.80 bits per heavy atom. The number of likely N-dealkylation sites (tertiary alicyclic amines) is 1. The topological polar surface area (TPSA) is 48.0 Å². The molecule has 0 aromatic heterocycles. The van der Waals surface area contributed by atoms with Crippen LogP contribution in [0.2, 0.25) is 0 Å². The van der Waals surface area contributed by atoms with Crippen LogP contribution in [-0.2, 0) is 20.8 Å². The molecule has 1 spiro atoms. The molecule has 1 amide bonds. The third-order valence-electron chi connectivity index (χ3n) is 3.80. The molecule has 0 N–H and O–H groups in total. The van der Waals surface area contributed by atoms with Crippen molar-refractivity contribution in [3.05, 3.63) is 35.9 Å². The van der Waals surface area contributed by atoms with Gasteiger partial charge in [0.2, 0.25) is 0 Å². The Labute approximate surface area is 118 Å². The molecule has 2 heterocycles. The summed E-state index contributed by atoms with van der Waals surface area (Å²) < 4.78 is 16.6. The van der Waals surface area contributed by atoms with E-state index in [2.05, 4.69) is 0 Å². The van der Waals surface area contributed by atoms with Gasteiger partial charge >= 0.3 is 6.09 Å². The van der Waals surface area contributed by atoms with Gasteiger partial charge in [0.15, 0.2) is 5.79 Å². The number of rotatable bonds is 2. The predicted octanol–water partition coefficient (Wildman–Crippen LogP) is 2.16. The summed E-state index contributed by atoms with van der Waals surface area (Å²) in [6, 6.07) is 9.69. The maximum Gasteiger partial charge on any atom is 0.410 e. The van der Waals surface area contributed by atoms with Gasteiger partial charge in [0.05, 0.1) is 13.2 Å². The maximum absolute atomic E-state index is 12.0. The highest BCUT2D eigenvalue weighted by Gasteiger charge is 2.41. The van der Waals surface area contributed by atoms with Crippen LogP contribution < -0.4 is 0 Å². The first-order chi connectivity index (χ1) is 9.77. The Morgan fingerprint density at radius 3 is 2.45 bits per heavy atom. The van der Waals surface area contributed by atoms with E-state index in [0.717, 1.165) is 5.56 Å². The van der Waals surface area contributed by atoms with E-state index in [1.807, 2.05) is 30.3 Å². The lowest BCUT2D eigenvalue weighted by molar-refractivity contribution is -0.182. The van der Waals surface area contributed by atoms with Crippen molar-refractivity contribution in [1.29, 1.82) is 0 Å². The molecular weight excluding hydrogens is 258 g/mol. The zero-order chi connectivity index (χ0) is 13.8. The minimum absolute atomic E-state index is 0.262. The van der Waals surface area contributed by atoms with Crippen molar-refractivity contribution in [2.75, 3.05) is 26.3 Å². The van der Waals surface area contributed by atoms with E-state index in [4.69, 9.17) is 14.2 Å². The molecule has 2 aliphatic rings. The molecule has 2 fully saturated rings. The Kier molecular flexibility index (Phi) is 3.89. The van der Waals surface area contributed by atoms with Gasteiger partial charge in [-0.2, -0.15) is 0 Å². The molecule has 2 aliphatic heterocycles. The van der Waals surface area contributed by atoms with Gasteiger partial charge in [-0.1, -0.05) is 30.3 Å². The number of benzene rings is 1. The van der Waals surface area contributed by atoms with Gasteiger partial charge < -0.3 is 19.1 Å². The van der Waals surface area contributed by atoms with Gasteiger partial charge in [0, 0.05) is 25.9 Å². The summed E-state index contributed by atoms with van der Waals surface area (Å²) in [5.74, 6) is -0.448. The molecule has 0 saturated carbocycles. The summed E-state index contributed by atoms with van der Waals surface area (Å²) in [5, 5.41) is 0. The van der Waals surface area contributed by atoms with E-state index in [1.165, 1.54) is 0 Å². The normalized spacial score (nSPS) is 21.1. The Bertz CT molecular complexity index is 446. The largest absolute Gasteiger partial charge is 0.445 e. The summed E-state index contributed by atoms with van der Waals surface area (Å²) in [6.07, 6.45) is 1.17. The Morgan fingerprint density at radius 1 is 1.15 bits per heavy atom. The second-order valence-corrected chi connectivity index (χ2v) is 5.13. The second-order valence-electron chi connectivity index (χ2n) is 5.13. The van der Waals surface area contributed by atoms with Crippen LogP contribution in [0.5, 0.6) is 0 Å². The van der Waals surface area contributed by atoms with Crippen molar-refractivity contribution in [2.45, 2.75) is 25.2 Å². The zero-order valence-electron chi connectivity index (χ0n) is 11.4. The summed E-state index contributed by atoms with van der Waals surface area (Å²) in [5.41, 5.74) is 0.997. The van der Waals surface area contributed by atoms with Crippen molar-refractivity contribution in [1.82, 2.24) is 4.90 Å². The van der Waals surface area contributed by atoms with Gasteiger partial charge in [0.1, 0.15) is 6.61 Å². The fourth-order valence-electron chi connectivity index (χ4n) is 2.63. The summed E-state index contributed by atoms with van der Waals surface area (Å²) in [6.45, 7) is 2.85. The molecule has 0 radical (unpaired) electrons. The molecule has 20 heavy (non-hydrogen) atoms. The third-order valence-corrected chi connectivity index (χ3v) is 3.80. The fraction of sp³-hybridized carbons (Fsp3) is 0.533. The van der Waals surface area contributed by atoms with Crippen LogP contribution >= 0.6 is 0 Å². The number of piperidine rings is 1. The average Bonchev–Trinajstić information content (AvgIpc) is 2.95. The number of hydrogen-bond acceptors (Lipinski definition) is 4. The minimum atomic E-state index is -0.448. The minimum Gasteiger partial charge on any atom is -0.445 e. The maximum atomic E-state index is 12.0. The van der Waals surface area contributed by atoms with E-state index in [1.54, 1.807) is 4.90 Å². The molecule has 2 saturated heterocycles. The third kappa shape index (κ3) is 2.94. The van der Waals surface area contributed by atoms with Crippen molar-refractivity contribution >= 4 is 6.09 Å². The van der Waals surface area contributed by atoms with Gasteiger partial charge in [-0.3, -0.25) is 0 Å². The summed E-state index contributed by atoms with van der Waals surface area (Å²) in [7, 11) is 0. The van der Waals surface area contributed by atoms with Crippen LogP contribution in [0.4, 0.5) is 4.79 Å². The highest BCUT2D eigenvalue weighted by atomic mass is 16.7. The predicted molar refractivity (Wildman–Crippen MR) is 72.1 cm³/mol. The molecule has 0 aliphatic carbocycles. The van der Waals surface area contributed by atoms with Crippen molar-refractivity contribution in [3.63, 3.8) is 0 Å². The van der Waals surface area contributed by atoms with Crippen LogP contribution in [0.3, 0.4) is 0 Å². The molecule has 1 aromatic rings. The smallest absolute Gasteiger partial charge is 0.410 e. The second kappa shape index (κ2) is 5.81. The van der Waals surface area contributed by atoms with E-state index >= 15 is 0 Å². The van der Waals surface area contributed by atoms with Crippen molar-refractivity contribution in [2.24, 2.45) is 0 Å². The molecule has 3 rings (SSSR count). The number of carbonyl (C=O) groups excluding carboxylic acids is 1. The highest BCUT2D eigenvalue weighted by Crippen LogP contribution is 2.31. The van der Waals surface area contributed by atoms with Crippen LogP contribution in [0.25, 0.3) is 0 Å². The number of amides is 1. The van der Waals surface area contributed by atoms with Gasteiger partial charge in [-0.05, 0) is 5.56 Å². The molecule has 0 bridgehead atoms. The van der Waals surface area contributed by atoms with Crippen LogP contribution in [0.15, 0.2) is 30.3 Å². The summed E-state index contributed by atoms with van der Waals surface area (Å²) >= 11 is 0. The lowest BCUT2D eigenvalue weighted by atomic mass is 10.0. The van der Waals surface area contributed by atoms with Crippen molar-refractivity contribution < 1.29 is 19.0 Å². The summed E-state index contributed by atoms with van der Waals surface area (Å²) in [4.78, 5) is 13.7. The number of carbonyl (C=O) groups is 1. The Balaban J connectivity index is 1.47. The number of hydrogen-bond donors (Lipinski definition) is 0. The first-order valence-corrected chi connectivity index (χ1v) is 7.01. The quantitative estimate of drug-likeness (QED) is 0.831. The van der Waals surface area contributed by atoms with Crippen LogP contribution in [0, 0.1) is 0 Å². The van der Waals surface area contributed by atoms with Gasteiger partial charge in [-0.15, -0.1) is 0 Å². The number of nitrogens with zero attached hydrogens (tertiary/aromatic N) is 1. The lowest BCUT2D eigenvalue weighted by Crippen LogP contribution is -2.47. The van der Waals surface area contributed by atoms with E-state index in [9.17, 15) is 4.79 Å². The molecule has 1 aromatic carbocycles. The van der Waals surface area contributed by atoms with E-state index < -0.39 is 5.79 Å². The number of ether oxygens (including phenoxy) is 3. The molecule has 108 valence electrons. The van der Waals surface area contributed by atoms with Crippen LogP contribution in [0.1, 0.15) is 18.4 Å².